The molecule has 7 nitrogen and oxygen atoms in total. The molecule has 1 unspecified atom stereocenters. The van der Waals surface area contributed by atoms with E-state index in [1.807, 2.05) is 6.92 Å². The number of aromatic nitrogens is 1. The number of carboxylic acids is 1. The van der Waals surface area contributed by atoms with Gasteiger partial charge in [0.05, 0.1) is 25.5 Å². The van der Waals surface area contributed by atoms with Crippen LogP contribution in [0.25, 0.3) is 0 Å². The molecule has 184 valence electrons. The number of carboxylic acid groups (broad SMARTS) is 1. The Morgan fingerprint density at radius 3 is 2.29 bits per heavy atom. The van der Waals surface area contributed by atoms with Crippen molar-refractivity contribution in [3.05, 3.63) is 68.0 Å². The average molecular weight is 581 g/mol. The van der Waals surface area contributed by atoms with Crippen molar-refractivity contribution in [2.45, 2.75) is 51.0 Å². The minimum atomic E-state index is -0.989. The van der Waals surface area contributed by atoms with E-state index in [4.69, 9.17) is 23.2 Å². The maximum absolute atomic E-state index is 12.6. The number of amides is 1. The molecule has 0 bridgehead atoms. The van der Waals surface area contributed by atoms with E-state index in [0.29, 0.717) is 22.3 Å². The number of hydrogen-bond donors (Lipinski definition) is 3. The van der Waals surface area contributed by atoms with Crippen LogP contribution in [0.15, 0.2) is 46.8 Å². The lowest BCUT2D eigenvalue weighted by molar-refractivity contribution is -0.140. The first-order chi connectivity index (χ1) is 16.7. The zero-order chi connectivity index (χ0) is 25.3. The number of pyridine rings is 1. The SMILES string of the molecule is CCC(c1ccc(NC(=O)c2c(Cl)cncc2Cl)cc1)[C@H](NC1=C(Br)C(=O)C12CCCC2)C(=O)O. The molecular formula is C25H24BrCl2N3O4. The molecule has 35 heavy (non-hydrogen) atoms. The van der Waals surface area contributed by atoms with Gasteiger partial charge in [0.25, 0.3) is 5.91 Å². The molecule has 0 radical (unpaired) electrons. The lowest BCUT2D eigenvalue weighted by Gasteiger charge is -2.42. The van der Waals surface area contributed by atoms with E-state index in [0.717, 1.165) is 31.2 Å². The van der Waals surface area contributed by atoms with Gasteiger partial charge in [-0.25, -0.2) is 4.79 Å². The predicted octanol–water partition coefficient (Wildman–Crippen LogP) is 5.93. The first kappa shape index (κ1) is 25.7. The number of hydrogen-bond acceptors (Lipinski definition) is 5. The number of allylic oxidation sites excluding steroid dienone is 2. The van der Waals surface area contributed by atoms with E-state index in [9.17, 15) is 19.5 Å². The fourth-order valence-corrected chi connectivity index (χ4v) is 6.44. The van der Waals surface area contributed by atoms with Gasteiger partial charge in [-0.2, -0.15) is 0 Å². The number of carbonyl (C=O) groups is 3. The number of aliphatic carboxylic acids is 1. The van der Waals surface area contributed by atoms with Crippen molar-refractivity contribution in [1.29, 1.82) is 0 Å². The summed E-state index contributed by atoms with van der Waals surface area (Å²) in [5.41, 5.74) is 1.57. The van der Waals surface area contributed by atoms with Crippen LogP contribution in [0.5, 0.6) is 0 Å². The van der Waals surface area contributed by atoms with E-state index in [1.54, 1.807) is 24.3 Å². The largest absolute Gasteiger partial charge is 0.480 e. The molecule has 1 heterocycles. The van der Waals surface area contributed by atoms with Crippen LogP contribution in [0, 0.1) is 5.41 Å². The maximum atomic E-state index is 12.6. The van der Waals surface area contributed by atoms with Crippen LogP contribution in [0.1, 0.15) is 60.9 Å². The topological polar surface area (TPSA) is 108 Å². The highest BCUT2D eigenvalue weighted by Crippen LogP contribution is 2.55. The Labute approximate surface area is 221 Å². The third kappa shape index (κ3) is 4.71. The first-order valence-corrected chi connectivity index (χ1v) is 12.9. The molecule has 1 amide bonds. The van der Waals surface area contributed by atoms with Crippen molar-refractivity contribution in [3.8, 4) is 0 Å². The van der Waals surface area contributed by atoms with Gasteiger partial charge in [-0.3, -0.25) is 14.6 Å². The highest BCUT2D eigenvalue weighted by atomic mass is 79.9. The second kappa shape index (κ2) is 10.3. The zero-order valence-electron chi connectivity index (χ0n) is 18.9. The Hall–Kier alpha value is -2.42. The van der Waals surface area contributed by atoms with Crippen LogP contribution in [0.4, 0.5) is 5.69 Å². The van der Waals surface area contributed by atoms with E-state index in [1.165, 1.54) is 12.4 Å². The molecular weight excluding hydrogens is 557 g/mol. The van der Waals surface area contributed by atoms with Crippen molar-refractivity contribution >= 4 is 62.5 Å². The summed E-state index contributed by atoms with van der Waals surface area (Å²) in [6, 6.07) is 6.08. The molecule has 2 atom stereocenters. The molecule has 0 aliphatic heterocycles. The maximum Gasteiger partial charge on any atom is 0.326 e. The quantitative estimate of drug-likeness (QED) is 0.357. The van der Waals surface area contributed by atoms with Crippen molar-refractivity contribution < 1.29 is 19.5 Å². The number of carbonyl (C=O) groups excluding carboxylic acids is 2. The van der Waals surface area contributed by atoms with Gasteiger partial charge < -0.3 is 15.7 Å². The summed E-state index contributed by atoms with van der Waals surface area (Å²) >= 11 is 15.5. The smallest absolute Gasteiger partial charge is 0.326 e. The average Bonchev–Trinajstić information content (AvgIpc) is 3.34. The number of ketones is 1. The molecule has 1 aromatic heterocycles. The predicted molar refractivity (Wildman–Crippen MR) is 138 cm³/mol. The highest BCUT2D eigenvalue weighted by Gasteiger charge is 2.55. The van der Waals surface area contributed by atoms with Gasteiger partial charge in [0.1, 0.15) is 6.04 Å². The Bertz CT molecular complexity index is 1190. The third-order valence-corrected chi connectivity index (χ3v) is 8.20. The number of anilines is 1. The summed E-state index contributed by atoms with van der Waals surface area (Å²) < 4.78 is 0.451. The van der Waals surface area contributed by atoms with E-state index in [2.05, 4.69) is 31.5 Å². The number of benzene rings is 1. The van der Waals surface area contributed by atoms with E-state index < -0.39 is 23.3 Å². The summed E-state index contributed by atoms with van der Waals surface area (Å²) in [5.74, 6) is -1.76. The minimum Gasteiger partial charge on any atom is -0.480 e. The van der Waals surface area contributed by atoms with Crippen molar-refractivity contribution in [3.63, 3.8) is 0 Å². The number of Topliss-reactive ketones (excluding diaryl/α,β-unsaturated/α-hetero) is 1. The minimum absolute atomic E-state index is 0.0594. The van der Waals surface area contributed by atoms with Crippen LogP contribution in [-0.2, 0) is 9.59 Å². The molecule has 2 aliphatic carbocycles. The van der Waals surface area contributed by atoms with E-state index in [-0.39, 0.29) is 27.3 Å². The van der Waals surface area contributed by atoms with Crippen LogP contribution in [-0.4, -0.2) is 33.8 Å². The Morgan fingerprint density at radius 1 is 1.14 bits per heavy atom. The van der Waals surface area contributed by atoms with Gasteiger partial charge in [0.15, 0.2) is 5.78 Å². The molecule has 2 aliphatic rings. The highest BCUT2D eigenvalue weighted by molar-refractivity contribution is 9.12. The monoisotopic (exact) mass is 579 g/mol. The second-order valence-corrected chi connectivity index (χ2v) is 10.4. The summed E-state index contributed by atoms with van der Waals surface area (Å²) in [7, 11) is 0. The van der Waals surface area contributed by atoms with E-state index >= 15 is 0 Å². The fourth-order valence-electron chi connectivity index (χ4n) is 5.03. The van der Waals surface area contributed by atoms with Gasteiger partial charge >= 0.3 is 5.97 Å². The Morgan fingerprint density at radius 2 is 1.74 bits per heavy atom. The van der Waals surface area contributed by atoms with Gasteiger partial charge in [-0.15, -0.1) is 0 Å². The van der Waals surface area contributed by atoms with Crippen molar-refractivity contribution in [2.24, 2.45) is 5.41 Å². The molecule has 10 heteroatoms. The zero-order valence-corrected chi connectivity index (χ0v) is 22.0. The molecule has 1 spiro atoms. The Kier molecular flexibility index (Phi) is 7.54. The van der Waals surface area contributed by atoms with Crippen LogP contribution in [0.3, 0.4) is 0 Å². The molecule has 3 N–H and O–H groups in total. The Balaban J connectivity index is 1.53. The lowest BCUT2D eigenvalue weighted by Crippen LogP contribution is -2.52. The van der Waals surface area contributed by atoms with Gasteiger partial charge in [0.2, 0.25) is 0 Å². The van der Waals surface area contributed by atoms with Crippen LogP contribution in [0.2, 0.25) is 10.0 Å². The molecule has 1 fully saturated rings. The molecule has 0 saturated heterocycles. The number of nitrogens with zero attached hydrogens (tertiary/aromatic N) is 1. The third-order valence-electron chi connectivity index (χ3n) is 6.87. The lowest BCUT2D eigenvalue weighted by atomic mass is 9.69. The van der Waals surface area contributed by atoms with Gasteiger partial charge in [-0.1, -0.05) is 55.1 Å². The summed E-state index contributed by atoms with van der Waals surface area (Å²) in [6.45, 7) is 1.92. The summed E-state index contributed by atoms with van der Waals surface area (Å²) in [4.78, 5) is 41.4. The molecule has 1 saturated carbocycles. The second-order valence-electron chi connectivity index (χ2n) is 8.84. The number of rotatable bonds is 8. The first-order valence-electron chi connectivity index (χ1n) is 11.3. The van der Waals surface area contributed by atoms with Gasteiger partial charge in [-0.05, 0) is 52.9 Å². The summed E-state index contributed by atoms with van der Waals surface area (Å²) in [6.07, 6.45) is 6.64. The van der Waals surface area contributed by atoms with Crippen molar-refractivity contribution in [2.75, 3.05) is 5.32 Å². The normalized spacial score (nSPS) is 18.2. The fraction of sp³-hybridized carbons (Fsp3) is 0.360. The number of halogens is 3. The van der Waals surface area contributed by atoms with Crippen molar-refractivity contribution in [1.82, 2.24) is 10.3 Å². The van der Waals surface area contributed by atoms with Crippen LogP contribution < -0.4 is 10.6 Å². The molecule has 2 aromatic rings. The molecule has 4 rings (SSSR count). The molecule has 1 aromatic carbocycles. The standard InChI is InChI=1S/C25H24BrCl2N3O4/c1-2-15(20(24(34)35)31-21-19(26)22(32)25(21)9-3-4-10-25)13-5-7-14(8-6-13)30-23(33)18-16(27)11-29-12-17(18)28/h5-8,11-12,15,20,31H,2-4,9-10H2,1H3,(H,30,33)(H,34,35)/t15?,20-/m0/s1. The van der Waals surface area contributed by atoms with Gasteiger partial charge in [0, 0.05) is 29.7 Å². The van der Waals surface area contributed by atoms with Crippen LogP contribution >= 0.6 is 39.1 Å². The summed E-state index contributed by atoms with van der Waals surface area (Å²) in [5, 5.41) is 16.3. The number of nitrogens with one attached hydrogen (secondary N) is 2.